The second-order valence-corrected chi connectivity index (χ2v) is 7.16. The molecule has 3 saturated heterocycles. The third-order valence-corrected chi connectivity index (χ3v) is 5.58. The first-order chi connectivity index (χ1) is 9.24. The third-order valence-electron chi connectivity index (χ3n) is 5.58. The zero-order valence-corrected chi connectivity index (χ0v) is 12.8. The van der Waals surface area contributed by atoms with Gasteiger partial charge < -0.3 is 5.32 Å². The van der Waals surface area contributed by atoms with E-state index in [0.29, 0.717) is 0 Å². The van der Waals surface area contributed by atoms with Crippen LogP contribution in [-0.4, -0.2) is 60.6 Å². The Morgan fingerprint density at radius 1 is 1.11 bits per heavy atom. The first kappa shape index (κ1) is 13.8. The van der Waals surface area contributed by atoms with Crippen LogP contribution in [0.15, 0.2) is 0 Å². The summed E-state index contributed by atoms with van der Waals surface area (Å²) in [5.41, 5.74) is 0. The molecule has 2 atom stereocenters. The molecule has 0 amide bonds. The van der Waals surface area contributed by atoms with Crippen LogP contribution in [0.1, 0.15) is 46.0 Å². The summed E-state index contributed by atoms with van der Waals surface area (Å²) in [5, 5.41) is 3.47. The summed E-state index contributed by atoms with van der Waals surface area (Å²) in [6.07, 6.45) is 7.14. The lowest BCUT2D eigenvalue weighted by atomic mass is 9.93. The summed E-state index contributed by atoms with van der Waals surface area (Å²) in [5.74, 6) is 1.01. The summed E-state index contributed by atoms with van der Waals surface area (Å²) in [4.78, 5) is 5.50. The lowest BCUT2D eigenvalue weighted by molar-refractivity contribution is 0.102. The highest BCUT2D eigenvalue weighted by Crippen LogP contribution is 2.32. The SMILES string of the molecule is CC(C)N1CC2CC1CN2CCCC1CCNCC1. The van der Waals surface area contributed by atoms with Crippen molar-refractivity contribution in [2.45, 2.75) is 64.1 Å². The van der Waals surface area contributed by atoms with Crippen molar-refractivity contribution in [3.8, 4) is 0 Å². The lowest BCUT2D eigenvalue weighted by Gasteiger charge is -2.36. The fraction of sp³-hybridized carbons (Fsp3) is 1.00. The van der Waals surface area contributed by atoms with Crippen LogP contribution in [0, 0.1) is 5.92 Å². The van der Waals surface area contributed by atoms with Crippen LogP contribution in [-0.2, 0) is 0 Å². The quantitative estimate of drug-likeness (QED) is 0.819. The molecule has 0 aliphatic carbocycles. The number of hydrogen-bond acceptors (Lipinski definition) is 3. The molecule has 0 radical (unpaired) electrons. The highest BCUT2D eigenvalue weighted by atomic mass is 15.4. The molecule has 3 nitrogen and oxygen atoms in total. The Kier molecular flexibility index (Phi) is 4.45. The maximum atomic E-state index is 3.47. The molecule has 0 aromatic heterocycles. The zero-order chi connectivity index (χ0) is 13.2. The molecule has 3 aliphatic heterocycles. The summed E-state index contributed by atoms with van der Waals surface area (Å²) in [7, 11) is 0. The molecule has 3 heteroatoms. The normalized spacial score (nSPS) is 33.6. The Bertz CT molecular complexity index is 286. The van der Waals surface area contributed by atoms with Gasteiger partial charge in [-0.25, -0.2) is 0 Å². The Hall–Kier alpha value is -0.120. The molecule has 19 heavy (non-hydrogen) atoms. The standard InChI is InChI=1S/C16H31N3/c1-13(2)19-12-15-10-16(19)11-18(15)9-3-4-14-5-7-17-8-6-14/h13-17H,3-12H2,1-2H3. The van der Waals surface area contributed by atoms with E-state index in [0.717, 1.165) is 24.0 Å². The van der Waals surface area contributed by atoms with Gasteiger partial charge in [-0.1, -0.05) is 0 Å². The molecule has 3 rings (SSSR count). The summed E-state index contributed by atoms with van der Waals surface area (Å²) in [6.45, 7) is 11.2. The van der Waals surface area contributed by atoms with Crippen molar-refractivity contribution >= 4 is 0 Å². The van der Waals surface area contributed by atoms with Crippen LogP contribution in [0.25, 0.3) is 0 Å². The van der Waals surface area contributed by atoms with E-state index < -0.39 is 0 Å². The van der Waals surface area contributed by atoms with Crippen molar-refractivity contribution in [2.75, 3.05) is 32.7 Å². The number of likely N-dealkylation sites (tertiary alicyclic amines) is 2. The van der Waals surface area contributed by atoms with Gasteiger partial charge in [-0.05, 0) is 71.5 Å². The van der Waals surface area contributed by atoms with E-state index in [9.17, 15) is 0 Å². The molecule has 2 bridgehead atoms. The van der Waals surface area contributed by atoms with Gasteiger partial charge in [-0.15, -0.1) is 0 Å². The van der Waals surface area contributed by atoms with E-state index in [1.54, 1.807) is 0 Å². The second-order valence-electron chi connectivity index (χ2n) is 7.16. The van der Waals surface area contributed by atoms with E-state index in [1.807, 2.05) is 0 Å². The molecule has 3 fully saturated rings. The van der Waals surface area contributed by atoms with Gasteiger partial charge in [0.15, 0.2) is 0 Å². The molecule has 1 N–H and O–H groups in total. The molecule has 0 aromatic carbocycles. The molecule has 2 unspecified atom stereocenters. The fourth-order valence-electron chi connectivity index (χ4n) is 4.44. The van der Waals surface area contributed by atoms with Gasteiger partial charge in [0, 0.05) is 31.2 Å². The topological polar surface area (TPSA) is 18.5 Å². The van der Waals surface area contributed by atoms with Gasteiger partial charge >= 0.3 is 0 Å². The van der Waals surface area contributed by atoms with Crippen LogP contribution in [0.4, 0.5) is 0 Å². The van der Waals surface area contributed by atoms with E-state index in [2.05, 4.69) is 29.0 Å². The van der Waals surface area contributed by atoms with Gasteiger partial charge in [-0.3, -0.25) is 9.80 Å². The maximum absolute atomic E-state index is 3.47. The predicted molar refractivity (Wildman–Crippen MR) is 80.4 cm³/mol. The van der Waals surface area contributed by atoms with Crippen LogP contribution >= 0.6 is 0 Å². The van der Waals surface area contributed by atoms with Gasteiger partial charge in [0.25, 0.3) is 0 Å². The Labute approximate surface area is 118 Å². The highest BCUT2D eigenvalue weighted by molar-refractivity contribution is 5.00. The minimum Gasteiger partial charge on any atom is -0.317 e. The van der Waals surface area contributed by atoms with Gasteiger partial charge in [0.2, 0.25) is 0 Å². The first-order valence-corrected chi connectivity index (χ1v) is 8.44. The highest BCUT2D eigenvalue weighted by Gasteiger charge is 2.43. The zero-order valence-electron chi connectivity index (χ0n) is 12.8. The van der Waals surface area contributed by atoms with E-state index in [-0.39, 0.29) is 0 Å². The predicted octanol–water partition coefficient (Wildman–Crippen LogP) is 1.93. The lowest BCUT2D eigenvalue weighted by Crippen LogP contribution is -2.49. The van der Waals surface area contributed by atoms with Crippen molar-refractivity contribution in [3.63, 3.8) is 0 Å². The average molecular weight is 265 g/mol. The number of nitrogens with zero attached hydrogens (tertiary/aromatic N) is 2. The van der Waals surface area contributed by atoms with E-state index in [4.69, 9.17) is 0 Å². The van der Waals surface area contributed by atoms with Crippen molar-refractivity contribution in [1.29, 1.82) is 0 Å². The molecular formula is C16H31N3. The minimum absolute atomic E-state index is 0.742. The van der Waals surface area contributed by atoms with Gasteiger partial charge in [-0.2, -0.15) is 0 Å². The van der Waals surface area contributed by atoms with Gasteiger partial charge in [0.1, 0.15) is 0 Å². The van der Waals surface area contributed by atoms with Crippen molar-refractivity contribution < 1.29 is 0 Å². The Morgan fingerprint density at radius 2 is 1.89 bits per heavy atom. The van der Waals surface area contributed by atoms with Crippen LogP contribution < -0.4 is 5.32 Å². The van der Waals surface area contributed by atoms with Gasteiger partial charge in [0.05, 0.1) is 0 Å². The maximum Gasteiger partial charge on any atom is 0.0242 e. The van der Waals surface area contributed by atoms with Crippen LogP contribution in [0.2, 0.25) is 0 Å². The van der Waals surface area contributed by atoms with E-state index >= 15 is 0 Å². The Balaban J connectivity index is 1.36. The van der Waals surface area contributed by atoms with Crippen LogP contribution in [0.5, 0.6) is 0 Å². The van der Waals surface area contributed by atoms with Crippen molar-refractivity contribution in [3.05, 3.63) is 0 Å². The third kappa shape index (κ3) is 3.14. The second kappa shape index (κ2) is 6.11. The monoisotopic (exact) mass is 265 g/mol. The minimum atomic E-state index is 0.742. The molecule has 3 heterocycles. The molecule has 3 aliphatic rings. The smallest absolute Gasteiger partial charge is 0.0242 e. The fourth-order valence-corrected chi connectivity index (χ4v) is 4.44. The molecule has 0 saturated carbocycles. The number of fused-ring (bicyclic) bond motifs is 2. The summed E-state index contributed by atoms with van der Waals surface area (Å²) in [6, 6.07) is 2.48. The number of rotatable bonds is 5. The first-order valence-electron chi connectivity index (χ1n) is 8.44. The van der Waals surface area contributed by atoms with Crippen molar-refractivity contribution in [2.24, 2.45) is 5.92 Å². The largest absolute Gasteiger partial charge is 0.317 e. The van der Waals surface area contributed by atoms with E-state index in [1.165, 1.54) is 64.8 Å². The molecule has 110 valence electrons. The van der Waals surface area contributed by atoms with Crippen LogP contribution in [0.3, 0.4) is 0 Å². The number of hydrogen-bond donors (Lipinski definition) is 1. The average Bonchev–Trinajstić information content (AvgIpc) is 2.99. The Morgan fingerprint density at radius 3 is 2.53 bits per heavy atom. The molecule has 0 aromatic rings. The summed E-state index contributed by atoms with van der Waals surface area (Å²) < 4.78 is 0. The number of piperazine rings is 1. The summed E-state index contributed by atoms with van der Waals surface area (Å²) >= 11 is 0. The number of piperidine rings is 1. The van der Waals surface area contributed by atoms with Crippen molar-refractivity contribution in [1.82, 2.24) is 15.1 Å². The molecular weight excluding hydrogens is 234 g/mol. The molecule has 0 spiro atoms. The number of nitrogens with one attached hydrogen (secondary N) is 1.